The van der Waals surface area contributed by atoms with Crippen molar-refractivity contribution < 1.29 is 9.90 Å². The molecule has 0 aromatic rings. The molecule has 1 aliphatic carbocycles. The lowest BCUT2D eigenvalue weighted by molar-refractivity contribution is -0.131. The van der Waals surface area contributed by atoms with Gasteiger partial charge in [0.15, 0.2) is 0 Å². The monoisotopic (exact) mass is 222 g/mol. The number of rotatable bonds is 4. The summed E-state index contributed by atoms with van der Waals surface area (Å²) in [5, 5.41) is 8.64. The molecule has 1 rings (SSSR count). The van der Waals surface area contributed by atoms with Crippen LogP contribution in [0.4, 0.5) is 0 Å². The van der Waals surface area contributed by atoms with Gasteiger partial charge in [0, 0.05) is 6.08 Å². The normalized spacial score (nSPS) is 24.8. The van der Waals surface area contributed by atoms with E-state index in [4.69, 9.17) is 5.11 Å². The molecule has 1 aliphatic rings. The van der Waals surface area contributed by atoms with Crippen molar-refractivity contribution in [3.8, 4) is 0 Å². The number of carboxylic acids is 1. The molecule has 1 fully saturated rings. The molecule has 0 aromatic carbocycles. The van der Waals surface area contributed by atoms with E-state index in [2.05, 4.69) is 20.4 Å². The number of hydrogen-bond donors (Lipinski definition) is 1. The Morgan fingerprint density at radius 1 is 1.62 bits per heavy atom. The zero-order chi connectivity index (χ0) is 12.3. The summed E-state index contributed by atoms with van der Waals surface area (Å²) in [4.78, 5) is 10.5. The van der Waals surface area contributed by atoms with Gasteiger partial charge in [0.05, 0.1) is 0 Å². The minimum absolute atomic E-state index is 0.334. The Hall–Kier alpha value is -1.05. The summed E-state index contributed by atoms with van der Waals surface area (Å²) in [6, 6.07) is 0. The Bertz CT molecular complexity index is 324. The van der Waals surface area contributed by atoms with Crippen LogP contribution in [0.15, 0.2) is 23.8 Å². The quantitative estimate of drug-likeness (QED) is 0.580. The maximum absolute atomic E-state index is 10.5. The van der Waals surface area contributed by atoms with Crippen LogP contribution in [0.2, 0.25) is 0 Å². The topological polar surface area (TPSA) is 37.3 Å². The van der Waals surface area contributed by atoms with E-state index in [0.717, 1.165) is 24.8 Å². The van der Waals surface area contributed by atoms with Crippen LogP contribution in [-0.4, -0.2) is 11.1 Å². The molecule has 1 saturated carbocycles. The van der Waals surface area contributed by atoms with Gasteiger partial charge in [0.1, 0.15) is 0 Å². The maximum atomic E-state index is 10.5. The van der Waals surface area contributed by atoms with E-state index in [-0.39, 0.29) is 0 Å². The Kier molecular flexibility index (Phi) is 3.95. The Morgan fingerprint density at radius 2 is 2.25 bits per heavy atom. The van der Waals surface area contributed by atoms with E-state index in [1.807, 2.05) is 6.92 Å². The van der Waals surface area contributed by atoms with E-state index < -0.39 is 5.97 Å². The predicted octanol–water partition coefficient (Wildman–Crippen LogP) is 3.79. The number of carboxylic acid groups (broad SMARTS) is 1. The Labute approximate surface area is 98.1 Å². The van der Waals surface area contributed by atoms with Gasteiger partial charge in [-0.1, -0.05) is 31.6 Å². The highest BCUT2D eigenvalue weighted by atomic mass is 16.4. The summed E-state index contributed by atoms with van der Waals surface area (Å²) in [7, 11) is 0. The molecule has 0 spiro atoms. The van der Waals surface area contributed by atoms with Gasteiger partial charge in [0.25, 0.3) is 0 Å². The van der Waals surface area contributed by atoms with E-state index in [0.29, 0.717) is 11.3 Å². The Balaban J connectivity index is 2.55. The molecule has 90 valence electrons. The Morgan fingerprint density at radius 3 is 2.69 bits per heavy atom. The minimum Gasteiger partial charge on any atom is -0.478 e. The molecule has 0 amide bonds. The molecule has 0 radical (unpaired) electrons. The van der Waals surface area contributed by atoms with Gasteiger partial charge in [-0.25, -0.2) is 4.79 Å². The first-order valence-electron chi connectivity index (χ1n) is 5.90. The van der Waals surface area contributed by atoms with Gasteiger partial charge in [-0.05, 0) is 43.9 Å². The van der Waals surface area contributed by atoms with Gasteiger partial charge in [0.2, 0.25) is 0 Å². The highest BCUT2D eigenvalue weighted by molar-refractivity contribution is 5.80. The number of aliphatic carboxylic acids is 1. The molecule has 1 N–H and O–H groups in total. The van der Waals surface area contributed by atoms with Crippen LogP contribution >= 0.6 is 0 Å². The number of allylic oxidation sites excluding steroid dienone is 2. The highest BCUT2D eigenvalue weighted by Crippen LogP contribution is 2.47. The second-order valence-electron chi connectivity index (χ2n) is 5.57. The third-order valence-corrected chi connectivity index (χ3v) is 3.72. The van der Waals surface area contributed by atoms with Gasteiger partial charge in [-0.2, -0.15) is 0 Å². The first-order valence-corrected chi connectivity index (χ1v) is 5.90. The summed E-state index contributed by atoms with van der Waals surface area (Å²) in [5.74, 6) is -0.299. The average molecular weight is 222 g/mol. The first-order chi connectivity index (χ1) is 7.33. The predicted molar refractivity (Wildman–Crippen MR) is 66.3 cm³/mol. The average Bonchev–Trinajstić information content (AvgIpc) is 2.37. The second kappa shape index (κ2) is 4.86. The highest BCUT2D eigenvalue weighted by Gasteiger charge is 2.36. The minimum atomic E-state index is -0.845. The summed E-state index contributed by atoms with van der Waals surface area (Å²) in [5.41, 5.74) is 2.62. The van der Waals surface area contributed by atoms with Crippen molar-refractivity contribution in [1.29, 1.82) is 0 Å². The van der Waals surface area contributed by atoms with Crippen molar-refractivity contribution in [2.45, 2.75) is 46.5 Å². The summed E-state index contributed by atoms with van der Waals surface area (Å²) in [6.07, 6.45) is 5.53. The molecule has 16 heavy (non-hydrogen) atoms. The molecule has 2 heteroatoms. The van der Waals surface area contributed by atoms with Crippen LogP contribution in [0.3, 0.4) is 0 Å². The lowest BCUT2D eigenvalue weighted by Gasteiger charge is -2.27. The molecule has 0 heterocycles. The summed E-state index contributed by atoms with van der Waals surface area (Å²) in [6.45, 7) is 10.6. The van der Waals surface area contributed by atoms with Crippen LogP contribution in [0.1, 0.15) is 46.5 Å². The fraction of sp³-hybridized carbons (Fsp3) is 0.643. The van der Waals surface area contributed by atoms with E-state index >= 15 is 0 Å². The first kappa shape index (κ1) is 13.0. The van der Waals surface area contributed by atoms with Crippen LogP contribution < -0.4 is 0 Å². The van der Waals surface area contributed by atoms with Gasteiger partial charge in [-0.3, -0.25) is 0 Å². The van der Waals surface area contributed by atoms with Crippen LogP contribution in [0, 0.1) is 11.3 Å². The van der Waals surface area contributed by atoms with Crippen molar-refractivity contribution in [1.82, 2.24) is 0 Å². The third-order valence-electron chi connectivity index (χ3n) is 3.72. The molecule has 1 atom stereocenters. The van der Waals surface area contributed by atoms with Gasteiger partial charge in [-0.15, -0.1) is 0 Å². The number of hydrogen-bond acceptors (Lipinski definition) is 1. The van der Waals surface area contributed by atoms with Crippen LogP contribution in [-0.2, 0) is 4.79 Å². The zero-order valence-corrected chi connectivity index (χ0v) is 10.5. The zero-order valence-electron chi connectivity index (χ0n) is 10.5. The van der Waals surface area contributed by atoms with Crippen molar-refractivity contribution in [3.05, 3.63) is 23.8 Å². The lowest BCUT2D eigenvalue weighted by Crippen LogP contribution is -2.18. The van der Waals surface area contributed by atoms with Crippen molar-refractivity contribution in [2.75, 3.05) is 0 Å². The molecular weight excluding hydrogens is 200 g/mol. The van der Waals surface area contributed by atoms with Gasteiger partial charge >= 0.3 is 5.97 Å². The standard InChI is InChI=1S/C14H22O2/c1-10(9-13(15)16)5-6-12-11(2)7-8-14(12,3)4/h9,12H,2,5-8H2,1,3-4H3,(H,15,16)/b10-9+. The number of carbonyl (C=O) groups is 1. The smallest absolute Gasteiger partial charge is 0.328 e. The largest absolute Gasteiger partial charge is 0.478 e. The van der Waals surface area contributed by atoms with Gasteiger partial charge < -0.3 is 5.11 Å². The molecule has 1 unspecified atom stereocenters. The molecular formula is C14H22O2. The lowest BCUT2D eigenvalue weighted by atomic mass is 9.78. The fourth-order valence-electron chi connectivity index (χ4n) is 2.63. The van der Waals surface area contributed by atoms with Crippen LogP contribution in [0.25, 0.3) is 0 Å². The molecule has 0 aromatic heterocycles. The summed E-state index contributed by atoms with van der Waals surface area (Å²) < 4.78 is 0. The van der Waals surface area contributed by atoms with E-state index in [1.165, 1.54) is 18.1 Å². The summed E-state index contributed by atoms with van der Waals surface area (Å²) >= 11 is 0. The molecule has 0 bridgehead atoms. The molecule has 0 saturated heterocycles. The van der Waals surface area contributed by atoms with Crippen molar-refractivity contribution in [3.63, 3.8) is 0 Å². The molecule has 2 nitrogen and oxygen atoms in total. The second-order valence-corrected chi connectivity index (χ2v) is 5.57. The van der Waals surface area contributed by atoms with Crippen LogP contribution in [0.5, 0.6) is 0 Å². The van der Waals surface area contributed by atoms with Crippen molar-refractivity contribution in [2.24, 2.45) is 11.3 Å². The molecule has 0 aliphatic heterocycles. The van der Waals surface area contributed by atoms with Crippen molar-refractivity contribution >= 4 is 5.97 Å². The van der Waals surface area contributed by atoms with E-state index in [9.17, 15) is 4.79 Å². The maximum Gasteiger partial charge on any atom is 0.328 e. The SMILES string of the molecule is C=C1CCC(C)(C)C1CC/C(C)=C/C(=O)O. The fourth-order valence-corrected chi connectivity index (χ4v) is 2.63. The van der Waals surface area contributed by atoms with E-state index in [1.54, 1.807) is 0 Å². The third kappa shape index (κ3) is 3.22.